The van der Waals surface area contributed by atoms with Crippen LogP contribution in [0.5, 0.6) is 0 Å². The number of rotatable bonds is 26. The minimum atomic E-state index is -1.01. The van der Waals surface area contributed by atoms with Crippen LogP contribution in [-0.2, 0) is 40.0 Å². The molecule has 6 fully saturated rings. The maximum atomic E-state index is 15.7. The number of nitrogens with one attached hydrogen (secondary N) is 6. The predicted octanol–water partition coefficient (Wildman–Crippen LogP) is 4.85. The van der Waals surface area contributed by atoms with Gasteiger partial charge >= 0.3 is 0 Å². The Balaban J connectivity index is 0.556. The molecule has 6 atom stereocenters. The van der Waals surface area contributed by atoms with E-state index < -0.39 is 58.5 Å². The average molecular weight is 1320 g/mol. The fourth-order valence-corrected chi connectivity index (χ4v) is 14.9. The number of fused-ring (bicyclic) bond motifs is 1. The number of anilines is 3. The summed E-state index contributed by atoms with van der Waals surface area (Å²) < 4.78 is 37.2. The minimum absolute atomic E-state index is 0.00162. The minimum Gasteiger partial charge on any atom is -0.391 e. The Morgan fingerprint density at radius 3 is 2.20 bits per heavy atom. The molecular formula is C68H97F2N15O8S. The van der Waals surface area contributed by atoms with E-state index in [2.05, 4.69) is 80.3 Å². The summed E-state index contributed by atoms with van der Waals surface area (Å²) in [6.45, 7) is 24.2. The summed E-state index contributed by atoms with van der Waals surface area (Å²) in [6.07, 6.45) is 4.37. The Morgan fingerprint density at radius 1 is 0.798 bits per heavy atom. The summed E-state index contributed by atoms with van der Waals surface area (Å²) in [4.78, 5) is 106. The zero-order valence-corrected chi connectivity index (χ0v) is 56.6. The van der Waals surface area contributed by atoms with Gasteiger partial charge in [-0.1, -0.05) is 58.9 Å². The van der Waals surface area contributed by atoms with Crippen LogP contribution in [0.25, 0.3) is 10.4 Å². The number of piperazine rings is 1. The highest BCUT2D eigenvalue weighted by atomic mass is 32.1. The third kappa shape index (κ3) is 18.3. The molecule has 94 heavy (non-hydrogen) atoms. The van der Waals surface area contributed by atoms with E-state index in [9.17, 15) is 33.9 Å². The number of ether oxygens (including phenoxy) is 1. The third-order valence-electron chi connectivity index (χ3n) is 19.7. The lowest BCUT2D eigenvalue weighted by atomic mass is 9.82. The molecule has 0 unspecified atom stereocenters. The van der Waals surface area contributed by atoms with Crippen LogP contribution in [0.4, 0.5) is 26.1 Å². The zero-order valence-electron chi connectivity index (χ0n) is 55.7. The number of carbonyl (C=O) groups excluding carboxylic acids is 6. The third-order valence-corrected chi connectivity index (χ3v) is 20.7. The number of hydrogen-bond acceptors (Lipinski definition) is 18. The topological polar surface area (TPSA) is 262 Å². The smallest absolute Gasteiger partial charge is 0.246 e. The second kappa shape index (κ2) is 30.8. The van der Waals surface area contributed by atoms with Crippen LogP contribution in [0.1, 0.15) is 116 Å². The molecule has 6 saturated heterocycles. The highest BCUT2D eigenvalue weighted by Gasteiger charge is 2.46. The lowest BCUT2D eigenvalue weighted by Crippen LogP contribution is -2.66. The number of hydrogen-bond donors (Lipinski definition) is 7. The number of benzene rings is 2. The lowest BCUT2D eigenvalue weighted by Gasteiger charge is -2.48. The van der Waals surface area contributed by atoms with Gasteiger partial charge in [-0.05, 0) is 98.9 Å². The van der Waals surface area contributed by atoms with Crippen LogP contribution >= 0.6 is 11.3 Å². The fraction of sp³-hybridized carbons (Fsp3) is 0.632. The highest BCUT2D eigenvalue weighted by molar-refractivity contribution is 7.13. The molecule has 1 spiro atoms. The maximum Gasteiger partial charge on any atom is 0.246 e. The largest absolute Gasteiger partial charge is 0.391 e. The first-order valence-corrected chi connectivity index (χ1v) is 34.5. The van der Waals surface area contributed by atoms with E-state index >= 15 is 8.78 Å². The monoisotopic (exact) mass is 1320 g/mol. The molecule has 23 nitrogen and oxygen atoms in total. The van der Waals surface area contributed by atoms with E-state index in [-0.39, 0.29) is 73.8 Å². The predicted molar refractivity (Wildman–Crippen MR) is 357 cm³/mol. The Labute approximate surface area is 555 Å². The molecule has 6 aliphatic rings. The van der Waals surface area contributed by atoms with Gasteiger partial charge in [-0.25, -0.2) is 23.7 Å². The molecule has 0 aliphatic carbocycles. The number of aliphatic hydroxyl groups excluding tert-OH is 1. The van der Waals surface area contributed by atoms with Crippen molar-refractivity contribution >= 4 is 64.1 Å². The molecule has 2 aromatic heterocycles. The molecule has 7 N–H and O–H groups in total. The summed E-state index contributed by atoms with van der Waals surface area (Å²) in [7, 11) is 0. The number of likely N-dealkylation sites (tertiary alicyclic amines) is 4. The van der Waals surface area contributed by atoms with Gasteiger partial charge in [0.1, 0.15) is 41.7 Å². The molecule has 2 aromatic carbocycles. The van der Waals surface area contributed by atoms with Crippen molar-refractivity contribution in [1.29, 1.82) is 0 Å². The normalized spacial score (nSPS) is 22.2. The molecule has 0 radical (unpaired) electrons. The summed E-state index contributed by atoms with van der Waals surface area (Å²) >= 11 is 1.56. The molecule has 10 rings (SSSR count). The first kappa shape index (κ1) is 69.8. The van der Waals surface area contributed by atoms with Gasteiger partial charge in [0.25, 0.3) is 0 Å². The Kier molecular flexibility index (Phi) is 22.9. The van der Waals surface area contributed by atoms with Crippen molar-refractivity contribution in [1.82, 2.24) is 61.1 Å². The number of amides is 6. The van der Waals surface area contributed by atoms with E-state index in [1.807, 2.05) is 70.5 Å². The number of aliphatic hydroxyl groups is 1. The van der Waals surface area contributed by atoms with Crippen molar-refractivity contribution in [2.24, 2.45) is 22.7 Å². The van der Waals surface area contributed by atoms with Crippen molar-refractivity contribution in [3.8, 4) is 10.4 Å². The van der Waals surface area contributed by atoms with Gasteiger partial charge in [0.15, 0.2) is 0 Å². The molecule has 0 bridgehead atoms. The number of halogens is 2. The van der Waals surface area contributed by atoms with Gasteiger partial charge in [-0.3, -0.25) is 38.6 Å². The maximum absolute atomic E-state index is 15.7. The molecule has 6 amide bonds. The van der Waals surface area contributed by atoms with Crippen LogP contribution in [0.3, 0.4) is 0 Å². The standard InChI is InChI=1S/C68H97F2N15O8S/c1-44(46-9-11-47(12-10-46)62-45(2)76-43-94-62)77-64(91)55-30-51(86)38-85(55)65(92)63(66(3,4)5)78-59(88)14-13-58(87)73-21-27-93-28-26-81-34-49-36-82(37-50(49)35-81)39-60(89)72-20-8-19-71-56-32-57(75-42-74-56)83-24-17-68(18-25-83)41-84(40-61(90)79-68)54-31-52(69)48(29-53(54)70)33-80-22-15-67(6,7)16-23-80/h9-12,29,31-32,42-44,49-51,55,63,86H,8,13-28,30,33-41H2,1-7H3,(H,72,89)(H,73,87)(H,77,91)(H,78,88)(H,79,90)(H,71,74,75)/t44-,49-,50+,51+,55-,63+/m0/s1. The van der Waals surface area contributed by atoms with E-state index in [0.29, 0.717) is 102 Å². The molecule has 8 heterocycles. The number of β-amino-alcohol motifs (C(OH)–C–C–N with tert-alkyl or cyclic N) is 1. The van der Waals surface area contributed by atoms with E-state index in [0.717, 1.165) is 86.2 Å². The summed E-state index contributed by atoms with van der Waals surface area (Å²) in [5.74, 6) is -0.478. The Hall–Kier alpha value is -6.97. The van der Waals surface area contributed by atoms with Crippen molar-refractivity contribution in [2.45, 2.75) is 136 Å². The second-order valence-corrected chi connectivity index (χ2v) is 29.6. The molecule has 6 aliphatic heterocycles. The fourth-order valence-electron chi connectivity index (χ4n) is 14.1. The second-order valence-electron chi connectivity index (χ2n) is 28.7. The first-order chi connectivity index (χ1) is 44.9. The SMILES string of the molecule is Cc1ncsc1-c1ccc([C@H](C)NC(=O)[C@@H]2C[C@@H](O)CN2C(=O)[C@@H](NC(=O)CCC(=O)NCCOCCN2C[C@@H]3CN(CC(=O)NCCCNc4cc(N5CCC6(CC5)CN(c5cc(F)c(CN7CCC(C)(C)CC7)cc5F)CC(=O)N6)ncn4)C[C@@H]3C2)C(C)(C)C)cc1. The van der Waals surface area contributed by atoms with Gasteiger partial charge in [-0.15, -0.1) is 11.3 Å². The highest BCUT2D eigenvalue weighted by Crippen LogP contribution is 2.36. The van der Waals surface area contributed by atoms with Crippen molar-refractivity contribution < 1.29 is 47.4 Å². The number of aryl methyl sites for hydroxylation is 1. The van der Waals surface area contributed by atoms with E-state index in [1.165, 1.54) is 23.4 Å². The van der Waals surface area contributed by atoms with Gasteiger partial charge in [0.05, 0.1) is 65.8 Å². The van der Waals surface area contributed by atoms with Crippen LogP contribution in [0, 0.1) is 41.2 Å². The van der Waals surface area contributed by atoms with Crippen LogP contribution in [0.2, 0.25) is 0 Å². The summed E-state index contributed by atoms with van der Waals surface area (Å²) in [5.41, 5.74) is 4.05. The molecule has 0 saturated carbocycles. The number of thiazole rings is 1. The number of aromatic nitrogens is 3. The molecule has 26 heteroatoms. The van der Waals surface area contributed by atoms with Gasteiger partial charge in [0.2, 0.25) is 35.4 Å². The number of piperidine rings is 2. The Morgan fingerprint density at radius 2 is 1.50 bits per heavy atom. The van der Waals surface area contributed by atoms with Crippen molar-refractivity contribution in [3.05, 3.63) is 82.8 Å². The molecule has 512 valence electrons. The van der Waals surface area contributed by atoms with Crippen LogP contribution in [-0.4, -0.2) is 217 Å². The van der Waals surface area contributed by atoms with E-state index in [1.54, 1.807) is 16.2 Å². The average Bonchev–Trinajstić information content (AvgIpc) is 1.10. The summed E-state index contributed by atoms with van der Waals surface area (Å²) in [6, 6.07) is 10.0. The van der Waals surface area contributed by atoms with E-state index in [4.69, 9.17) is 4.74 Å². The Bertz CT molecular complexity index is 3280. The quantitative estimate of drug-likeness (QED) is 0.0415. The van der Waals surface area contributed by atoms with Gasteiger partial charge in [-0.2, -0.15) is 0 Å². The van der Waals surface area contributed by atoms with Gasteiger partial charge < -0.3 is 61.3 Å². The molecule has 4 aromatic rings. The van der Waals surface area contributed by atoms with Gasteiger partial charge in [0, 0.05) is 122 Å². The van der Waals surface area contributed by atoms with Crippen LogP contribution in [0.15, 0.2) is 54.3 Å². The number of carbonyl (C=O) groups is 6. The van der Waals surface area contributed by atoms with Crippen molar-refractivity contribution in [3.63, 3.8) is 0 Å². The zero-order chi connectivity index (χ0) is 66.9. The number of nitrogens with zero attached hydrogens (tertiary/aromatic N) is 9. The molecular weight excluding hydrogens is 1220 g/mol. The lowest BCUT2D eigenvalue weighted by molar-refractivity contribution is -0.144. The summed E-state index contributed by atoms with van der Waals surface area (Å²) in [5, 5.41) is 29.0. The van der Waals surface area contributed by atoms with Crippen molar-refractivity contribution in [2.75, 3.05) is 133 Å². The van der Waals surface area contributed by atoms with Crippen LogP contribution < -0.4 is 41.7 Å². The first-order valence-electron chi connectivity index (χ1n) is 33.6.